The zero-order chi connectivity index (χ0) is 23.7. The van der Waals surface area contributed by atoms with E-state index in [-0.39, 0.29) is 6.61 Å². The molecule has 0 saturated heterocycles. The highest BCUT2D eigenvalue weighted by Crippen LogP contribution is 2.29. The molecule has 0 aliphatic carbocycles. The molecule has 0 aliphatic rings. The van der Waals surface area contributed by atoms with Crippen molar-refractivity contribution in [2.24, 2.45) is 0 Å². The van der Waals surface area contributed by atoms with E-state index in [1.807, 2.05) is 30.3 Å². The van der Waals surface area contributed by atoms with Crippen LogP contribution in [-0.4, -0.2) is 44.0 Å². The maximum atomic E-state index is 13.2. The predicted molar refractivity (Wildman–Crippen MR) is 122 cm³/mol. The lowest BCUT2D eigenvalue weighted by atomic mass is 10.1. The molecule has 2 aromatic carbocycles. The Morgan fingerprint density at radius 1 is 1.00 bits per heavy atom. The number of methoxy groups -OCH3 is 2. The van der Waals surface area contributed by atoms with Gasteiger partial charge in [-0.2, -0.15) is 0 Å². The highest BCUT2D eigenvalue weighted by Gasteiger charge is 2.30. The third kappa shape index (κ3) is 7.77. The zero-order valence-corrected chi connectivity index (χ0v) is 19.4. The fourth-order valence-electron chi connectivity index (χ4n) is 2.85. The van der Waals surface area contributed by atoms with E-state index >= 15 is 0 Å². The monoisotopic (exact) mass is 444 g/mol. The van der Waals surface area contributed by atoms with E-state index < -0.39 is 29.7 Å². The average molecular weight is 445 g/mol. The van der Waals surface area contributed by atoms with Crippen LogP contribution in [0.25, 0.3) is 0 Å². The normalized spacial score (nSPS) is 12.9. The van der Waals surface area contributed by atoms with Crippen molar-refractivity contribution in [2.45, 2.75) is 52.0 Å². The van der Waals surface area contributed by atoms with Crippen molar-refractivity contribution in [2.75, 3.05) is 19.5 Å². The number of amides is 2. The van der Waals surface area contributed by atoms with Gasteiger partial charge in [-0.05, 0) is 45.4 Å². The van der Waals surface area contributed by atoms with E-state index in [4.69, 9.17) is 18.9 Å². The molecule has 0 unspecified atom stereocenters. The molecule has 2 aromatic rings. The maximum Gasteiger partial charge on any atom is 0.408 e. The third-order valence-electron chi connectivity index (χ3n) is 4.44. The van der Waals surface area contributed by atoms with Gasteiger partial charge in [-0.15, -0.1) is 0 Å². The highest BCUT2D eigenvalue weighted by molar-refractivity contribution is 5.98. The van der Waals surface area contributed by atoms with Crippen molar-refractivity contribution in [1.82, 2.24) is 5.32 Å². The van der Waals surface area contributed by atoms with Gasteiger partial charge in [-0.25, -0.2) is 4.79 Å². The van der Waals surface area contributed by atoms with Crippen LogP contribution in [0, 0.1) is 0 Å². The molecule has 2 N–H and O–H groups in total. The molecule has 0 bridgehead atoms. The summed E-state index contributed by atoms with van der Waals surface area (Å²) in [6.07, 6.45) is -1.37. The molecule has 2 atom stereocenters. The largest absolute Gasteiger partial charge is 0.497 e. The summed E-state index contributed by atoms with van der Waals surface area (Å²) in [5.41, 5.74) is 0.642. The van der Waals surface area contributed by atoms with Gasteiger partial charge in [0.2, 0.25) is 5.91 Å². The Bertz CT molecular complexity index is 895. The van der Waals surface area contributed by atoms with Gasteiger partial charge in [-0.3, -0.25) is 4.79 Å². The number of alkyl carbamates (subject to hydrolysis) is 1. The Labute approximate surface area is 189 Å². The summed E-state index contributed by atoms with van der Waals surface area (Å²) in [5, 5.41) is 5.41. The molecule has 0 spiro atoms. The van der Waals surface area contributed by atoms with Crippen LogP contribution in [0.4, 0.5) is 10.5 Å². The summed E-state index contributed by atoms with van der Waals surface area (Å²) in [6.45, 7) is 7.24. The minimum absolute atomic E-state index is 0.282. The summed E-state index contributed by atoms with van der Waals surface area (Å²) in [5.74, 6) is 0.516. The molecule has 8 nitrogen and oxygen atoms in total. The minimum atomic E-state index is -1.02. The van der Waals surface area contributed by atoms with E-state index in [2.05, 4.69) is 10.6 Å². The van der Waals surface area contributed by atoms with E-state index in [1.54, 1.807) is 45.9 Å². The quantitative estimate of drug-likeness (QED) is 0.604. The van der Waals surface area contributed by atoms with Gasteiger partial charge in [-0.1, -0.05) is 30.3 Å². The van der Waals surface area contributed by atoms with Crippen LogP contribution >= 0.6 is 0 Å². The third-order valence-corrected chi connectivity index (χ3v) is 4.44. The molecular weight excluding hydrogens is 412 g/mol. The van der Waals surface area contributed by atoms with Gasteiger partial charge in [0.1, 0.15) is 23.1 Å². The van der Waals surface area contributed by atoms with E-state index in [0.29, 0.717) is 17.2 Å². The minimum Gasteiger partial charge on any atom is -0.497 e. The van der Waals surface area contributed by atoms with Gasteiger partial charge < -0.3 is 29.6 Å². The number of ether oxygens (including phenoxy) is 4. The summed E-state index contributed by atoms with van der Waals surface area (Å²) < 4.78 is 21.8. The summed E-state index contributed by atoms with van der Waals surface area (Å²) in [4.78, 5) is 25.6. The fraction of sp³-hybridized carbons (Fsp3) is 0.417. The molecule has 174 valence electrons. The first-order chi connectivity index (χ1) is 15.1. The van der Waals surface area contributed by atoms with Crippen molar-refractivity contribution in [3.8, 4) is 11.5 Å². The van der Waals surface area contributed by atoms with Crippen LogP contribution in [0.1, 0.15) is 33.3 Å². The number of carbonyl (C=O) groups is 2. The van der Waals surface area contributed by atoms with Gasteiger partial charge in [0.15, 0.2) is 0 Å². The molecule has 0 radical (unpaired) electrons. The highest BCUT2D eigenvalue weighted by atomic mass is 16.6. The summed E-state index contributed by atoms with van der Waals surface area (Å²) in [7, 11) is 3.03. The second-order valence-corrected chi connectivity index (χ2v) is 8.18. The average Bonchev–Trinajstić information content (AvgIpc) is 2.75. The summed E-state index contributed by atoms with van der Waals surface area (Å²) >= 11 is 0. The standard InChI is InChI=1S/C24H32N2O6/c1-16(31-15-17-10-8-7-9-11-17)21(26-23(28)32-24(2,3)4)22(27)25-19-14-18(29-5)12-13-20(19)30-6/h7-14,16,21H,15H2,1-6H3,(H,25,27)(H,26,28)/t16-,21+/m0/s1. The molecule has 0 aliphatic heterocycles. The lowest BCUT2D eigenvalue weighted by Crippen LogP contribution is -2.52. The number of hydrogen-bond acceptors (Lipinski definition) is 6. The van der Waals surface area contributed by atoms with Gasteiger partial charge >= 0.3 is 6.09 Å². The second-order valence-electron chi connectivity index (χ2n) is 8.18. The number of rotatable bonds is 9. The van der Waals surface area contributed by atoms with Gasteiger partial charge in [0, 0.05) is 6.07 Å². The predicted octanol–water partition coefficient (Wildman–Crippen LogP) is 4.14. The Morgan fingerprint density at radius 2 is 1.69 bits per heavy atom. The second kappa shape index (κ2) is 11.4. The Balaban J connectivity index is 2.20. The maximum absolute atomic E-state index is 13.2. The van der Waals surface area contributed by atoms with E-state index in [0.717, 1.165) is 5.56 Å². The van der Waals surface area contributed by atoms with Crippen LogP contribution in [0.5, 0.6) is 11.5 Å². The van der Waals surface area contributed by atoms with E-state index in [1.165, 1.54) is 14.2 Å². The number of carbonyl (C=O) groups excluding carboxylic acids is 2. The first-order valence-corrected chi connectivity index (χ1v) is 10.3. The molecule has 2 rings (SSSR count). The molecule has 32 heavy (non-hydrogen) atoms. The van der Waals surface area contributed by atoms with Crippen LogP contribution in [-0.2, 0) is 20.9 Å². The van der Waals surface area contributed by atoms with Crippen molar-refractivity contribution in [3.63, 3.8) is 0 Å². The van der Waals surface area contributed by atoms with Gasteiger partial charge in [0.25, 0.3) is 0 Å². The number of benzene rings is 2. The Hall–Kier alpha value is -3.26. The lowest BCUT2D eigenvalue weighted by Gasteiger charge is -2.27. The van der Waals surface area contributed by atoms with E-state index in [9.17, 15) is 9.59 Å². The zero-order valence-electron chi connectivity index (χ0n) is 19.4. The SMILES string of the molecule is COc1ccc(OC)c(NC(=O)[C@H](NC(=O)OC(C)(C)C)[C@H](C)OCc2ccccc2)c1. The molecule has 8 heteroatoms. The number of nitrogens with one attached hydrogen (secondary N) is 2. The molecule has 0 fully saturated rings. The van der Waals surface area contributed by atoms with Crippen LogP contribution in [0.2, 0.25) is 0 Å². The number of hydrogen-bond donors (Lipinski definition) is 2. The van der Waals surface area contributed by atoms with Gasteiger partial charge in [0.05, 0.1) is 32.6 Å². The molecular formula is C24H32N2O6. The molecule has 0 aromatic heterocycles. The Kier molecular flexibility index (Phi) is 8.90. The lowest BCUT2D eigenvalue weighted by molar-refractivity contribution is -0.122. The first kappa shape index (κ1) is 25.0. The van der Waals surface area contributed by atoms with Crippen LogP contribution in [0.3, 0.4) is 0 Å². The van der Waals surface area contributed by atoms with Crippen molar-refractivity contribution in [1.29, 1.82) is 0 Å². The fourth-order valence-corrected chi connectivity index (χ4v) is 2.85. The summed E-state index contributed by atoms with van der Waals surface area (Å²) in [6, 6.07) is 13.6. The topological polar surface area (TPSA) is 95.1 Å². The van der Waals surface area contributed by atoms with Crippen molar-refractivity contribution in [3.05, 3.63) is 54.1 Å². The number of anilines is 1. The smallest absolute Gasteiger partial charge is 0.408 e. The Morgan fingerprint density at radius 3 is 2.28 bits per heavy atom. The molecule has 0 heterocycles. The van der Waals surface area contributed by atoms with Crippen molar-refractivity contribution < 1.29 is 28.5 Å². The molecule has 2 amide bonds. The van der Waals surface area contributed by atoms with Crippen molar-refractivity contribution >= 4 is 17.7 Å². The first-order valence-electron chi connectivity index (χ1n) is 10.3. The van der Waals surface area contributed by atoms with Crippen LogP contribution in [0.15, 0.2) is 48.5 Å². The molecule has 0 saturated carbocycles. The van der Waals surface area contributed by atoms with Crippen LogP contribution < -0.4 is 20.1 Å².